The molecule has 1 aromatic rings. The number of rotatable bonds is 0. The predicted octanol–water partition coefficient (Wildman–Crippen LogP) is 0.352. The Hall–Kier alpha value is -0.865. The van der Waals surface area contributed by atoms with Gasteiger partial charge in [0.05, 0.1) is 6.61 Å². The van der Waals surface area contributed by atoms with Crippen LogP contribution in [0.3, 0.4) is 0 Å². The summed E-state index contributed by atoms with van der Waals surface area (Å²) in [5, 5.41) is 9.25. The van der Waals surface area contributed by atoms with Gasteiger partial charge in [0, 0.05) is 0 Å². The van der Waals surface area contributed by atoms with Gasteiger partial charge >= 0.3 is 7.12 Å². The lowest BCUT2D eigenvalue weighted by Crippen LogP contribution is -2.28. The van der Waals surface area contributed by atoms with Crippen LogP contribution in [0.2, 0.25) is 0 Å². The zero-order valence-electron chi connectivity index (χ0n) is 6.67. The SMILES string of the molecule is Cc1cc2c(cc1F)COB2O. The number of aryl methyl sites for hydroxylation is 1. The molecule has 1 heterocycles. The predicted molar refractivity (Wildman–Crippen MR) is 43.5 cm³/mol. The third-order valence-corrected chi connectivity index (χ3v) is 2.08. The van der Waals surface area contributed by atoms with E-state index in [1.165, 1.54) is 6.07 Å². The molecule has 0 amide bonds. The molecule has 1 N–H and O–H groups in total. The third kappa shape index (κ3) is 1.04. The molecule has 0 unspecified atom stereocenters. The van der Waals surface area contributed by atoms with Crippen molar-refractivity contribution in [3.8, 4) is 0 Å². The Kier molecular flexibility index (Phi) is 1.66. The third-order valence-electron chi connectivity index (χ3n) is 2.08. The van der Waals surface area contributed by atoms with Crippen LogP contribution in [0.25, 0.3) is 0 Å². The standard InChI is InChI=1S/C8H8BFO2/c1-5-2-7-6(3-8(5)10)4-12-9(7)11/h2-3,11H,4H2,1H3. The van der Waals surface area contributed by atoms with Gasteiger partial charge in [0.25, 0.3) is 0 Å². The molecule has 0 aliphatic carbocycles. The quantitative estimate of drug-likeness (QED) is 0.563. The molecule has 2 rings (SSSR count). The first-order chi connectivity index (χ1) is 5.68. The fourth-order valence-electron chi connectivity index (χ4n) is 1.36. The van der Waals surface area contributed by atoms with Gasteiger partial charge in [-0.2, -0.15) is 0 Å². The van der Waals surface area contributed by atoms with Crippen LogP contribution in [0.4, 0.5) is 4.39 Å². The highest BCUT2D eigenvalue weighted by atomic mass is 19.1. The Morgan fingerprint density at radius 3 is 3.08 bits per heavy atom. The van der Waals surface area contributed by atoms with E-state index in [1.807, 2.05) is 0 Å². The first-order valence-electron chi connectivity index (χ1n) is 3.77. The normalized spacial score (nSPS) is 15.1. The Balaban J connectivity index is 2.56. The lowest BCUT2D eigenvalue weighted by atomic mass is 9.79. The van der Waals surface area contributed by atoms with Crippen molar-refractivity contribution >= 4 is 12.6 Å². The second kappa shape index (κ2) is 2.57. The molecule has 1 aliphatic heterocycles. The molecule has 4 heteroatoms. The van der Waals surface area contributed by atoms with Gasteiger partial charge in [-0.05, 0) is 29.6 Å². The molecule has 1 aromatic carbocycles. The van der Waals surface area contributed by atoms with Gasteiger partial charge in [0.15, 0.2) is 0 Å². The van der Waals surface area contributed by atoms with Gasteiger partial charge < -0.3 is 9.68 Å². The molecule has 0 saturated carbocycles. The number of hydrogen-bond acceptors (Lipinski definition) is 2. The van der Waals surface area contributed by atoms with E-state index in [0.717, 1.165) is 5.56 Å². The molecule has 1 aliphatic rings. The zero-order chi connectivity index (χ0) is 8.72. The van der Waals surface area contributed by atoms with Crippen molar-refractivity contribution in [2.24, 2.45) is 0 Å². The average molecular weight is 166 g/mol. The summed E-state index contributed by atoms with van der Waals surface area (Å²) >= 11 is 0. The summed E-state index contributed by atoms with van der Waals surface area (Å²) in [4.78, 5) is 0. The van der Waals surface area contributed by atoms with Gasteiger partial charge in [-0.1, -0.05) is 6.07 Å². The van der Waals surface area contributed by atoms with E-state index in [2.05, 4.69) is 0 Å². The number of halogens is 1. The van der Waals surface area contributed by atoms with Gasteiger partial charge in [0.1, 0.15) is 5.82 Å². The molecule has 12 heavy (non-hydrogen) atoms. The topological polar surface area (TPSA) is 29.5 Å². The maximum Gasteiger partial charge on any atom is 0.491 e. The van der Waals surface area contributed by atoms with Crippen LogP contribution in [0, 0.1) is 12.7 Å². The van der Waals surface area contributed by atoms with E-state index in [9.17, 15) is 9.41 Å². The van der Waals surface area contributed by atoms with Gasteiger partial charge in [-0.15, -0.1) is 0 Å². The molecule has 0 bridgehead atoms. The summed E-state index contributed by atoms with van der Waals surface area (Å²) in [6.45, 7) is 1.97. The Morgan fingerprint density at radius 1 is 1.58 bits per heavy atom. The minimum Gasteiger partial charge on any atom is -0.423 e. The maximum atomic E-state index is 13.0. The summed E-state index contributed by atoms with van der Waals surface area (Å²) in [7, 11) is -0.876. The minimum absolute atomic E-state index is 0.244. The average Bonchev–Trinajstić information content (AvgIpc) is 2.35. The van der Waals surface area contributed by atoms with Crippen molar-refractivity contribution in [2.45, 2.75) is 13.5 Å². The van der Waals surface area contributed by atoms with Crippen LogP contribution in [0.15, 0.2) is 12.1 Å². The molecular weight excluding hydrogens is 158 g/mol. The first-order valence-corrected chi connectivity index (χ1v) is 3.77. The van der Waals surface area contributed by atoms with Crippen LogP contribution in [-0.2, 0) is 11.3 Å². The van der Waals surface area contributed by atoms with E-state index in [-0.39, 0.29) is 5.82 Å². The van der Waals surface area contributed by atoms with Crippen molar-refractivity contribution in [1.82, 2.24) is 0 Å². The highest BCUT2D eigenvalue weighted by molar-refractivity contribution is 6.61. The van der Waals surface area contributed by atoms with Crippen molar-refractivity contribution in [3.05, 3.63) is 29.1 Å². The monoisotopic (exact) mass is 166 g/mol. The molecule has 2 nitrogen and oxygen atoms in total. The summed E-state index contributed by atoms with van der Waals surface area (Å²) < 4.78 is 17.9. The van der Waals surface area contributed by atoms with Crippen LogP contribution >= 0.6 is 0 Å². The molecular formula is C8H8BFO2. The Morgan fingerprint density at radius 2 is 2.33 bits per heavy atom. The molecule has 0 aromatic heterocycles. The van der Waals surface area contributed by atoms with E-state index in [0.29, 0.717) is 17.6 Å². The molecule has 0 saturated heterocycles. The number of fused-ring (bicyclic) bond motifs is 1. The van der Waals surface area contributed by atoms with E-state index in [1.54, 1.807) is 13.0 Å². The number of benzene rings is 1. The maximum absolute atomic E-state index is 13.0. The van der Waals surface area contributed by atoms with Gasteiger partial charge in [-0.3, -0.25) is 0 Å². The summed E-state index contributed by atoms with van der Waals surface area (Å²) in [6.07, 6.45) is 0. The second-order valence-corrected chi connectivity index (χ2v) is 2.96. The molecule has 0 spiro atoms. The van der Waals surface area contributed by atoms with E-state index >= 15 is 0 Å². The highest BCUT2D eigenvalue weighted by Gasteiger charge is 2.27. The molecule has 0 atom stereocenters. The van der Waals surface area contributed by atoms with Gasteiger partial charge in [-0.25, -0.2) is 4.39 Å². The number of hydrogen-bond donors (Lipinski definition) is 1. The second-order valence-electron chi connectivity index (χ2n) is 2.96. The fourth-order valence-corrected chi connectivity index (χ4v) is 1.36. The lowest BCUT2D eigenvalue weighted by Gasteiger charge is -2.00. The minimum atomic E-state index is -0.876. The van der Waals surface area contributed by atoms with Crippen molar-refractivity contribution in [1.29, 1.82) is 0 Å². The molecule has 0 fully saturated rings. The smallest absolute Gasteiger partial charge is 0.423 e. The fraction of sp³-hybridized carbons (Fsp3) is 0.250. The summed E-state index contributed by atoms with van der Waals surface area (Å²) in [5.74, 6) is -0.244. The van der Waals surface area contributed by atoms with Crippen molar-refractivity contribution in [2.75, 3.05) is 0 Å². The first kappa shape index (κ1) is 7.77. The van der Waals surface area contributed by atoms with Crippen LogP contribution in [-0.4, -0.2) is 12.1 Å². The van der Waals surface area contributed by atoms with Crippen LogP contribution in [0.5, 0.6) is 0 Å². The van der Waals surface area contributed by atoms with Crippen LogP contribution in [0.1, 0.15) is 11.1 Å². The summed E-state index contributed by atoms with van der Waals surface area (Å²) in [5.41, 5.74) is 1.97. The Labute approximate surface area is 70.1 Å². The highest BCUT2D eigenvalue weighted by Crippen LogP contribution is 2.13. The lowest BCUT2D eigenvalue weighted by molar-refractivity contribution is 0.275. The summed E-state index contributed by atoms with van der Waals surface area (Å²) in [6, 6.07) is 3.04. The Bertz CT molecular complexity index is 327. The van der Waals surface area contributed by atoms with E-state index in [4.69, 9.17) is 4.65 Å². The van der Waals surface area contributed by atoms with Gasteiger partial charge in [0.2, 0.25) is 0 Å². The molecule has 0 radical (unpaired) electrons. The molecule has 62 valence electrons. The largest absolute Gasteiger partial charge is 0.491 e. The van der Waals surface area contributed by atoms with Crippen molar-refractivity contribution in [3.63, 3.8) is 0 Å². The van der Waals surface area contributed by atoms with Crippen molar-refractivity contribution < 1.29 is 14.1 Å². The van der Waals surface area contributed by atoms with Crippen LogP contribution < -0.4 is 5.46 Å². The van der Waals surface area contributed by atoms with E-state index < -0.39 is 7.12 Å². The zero-order valence-corrected chi connectivity index (χ0v) is 6.67.